The summed E-state index contributed by atoms with van der Waals surface area (Å²) in [4.78, 5) is 25.1. The Labute approximate surface area is 122 Å². The number of likely N-dealkylation sites (tertiary alicyclic amines) is 1. The highest BCUT2D eigenvalue weighted by atomic mass is 35.5. The lowest BCUT2D eigenvalue weighted by Crippen LogP contribution is -2.41. The standard InChI is InChI=1S/C14H17ClN2O3/c1-17-7-6-11(14(17)20)16-13(19)8-12(18)9-2-4-10(15)5-3-9/h2-5,11-12,18H,6-8H2,1H3,(H,16,19). The highest BCUT2D eigenvalue weighted by Crippen LogP contribution is 2.19. The summed E-state index contributed by atoms with van der Waals surface area (Å²) in [6, 6.07) is 6.20. The van der Waals surface area contributed by atoms with E-state index < -0.39 is 12.1 Å². The Morgan fingerprint density at radius 3 is 2.70 bits per heavy atom. The fraction of sp³-hybridized carbons (Fsp3) is 0.429. The normalized spacial score (nSPS) is 20.1. The van der Waals surface area contributed by atoms with Crippen molar-refractivity contribution in [1.29, 1.82) is 0 Å². The predicted octanol–water partition coefficient (Wildman–Crippen LogP) is 1.11. The summed E-state index contributed by atoms with van der Waals surface area (Å²) in [5.41, 5.74) is 0.624. The number of halogens is 1. The molecule has 6 heteroatoms. The number of aliphatic hydroxyl groups is 1. The van der Waals surface area contributed by atoms with Crippen molar-refractivity contribution in [3.05, 3.63) is 34.9 Å². The number of nitrogens with zero attached hydrogens (tertiary/aromatic N) is 1. The van der Waals surface area contributed by atoms with Crippen molar-refractivity contribution < 1.29 is 14.7 Å². The number of hydrogen-bond acceptors (Lipinski definition) is 3. The SMILES string of the molecule is CN1CCC(NC(=O)CC(O)c2ccc(Cl)cc2)C1=O. The van der Waals surface area contributed by atoms with Crippen molar-refractivity contribution in [3.8, 4) is 0 Å². The smallest absolute Gasteiger partial charge is 0.244 e. The highest BCUT2D eigenvalue weighted by molar-refractivity contribution is 6.30. The Kier molecular flexibility index (Phi) is 4.62. The Bertz CT molecular complexity index is 504. The van der Waals surface area contributed by atoms with Gasteiger partial charge in [-0.25, -0.2) is 0 Å². The summed E-state index contributed by atoms with van der Waals surface area (Å²) in [5, 5.41) is 13.2. The molecule has 0 radical (unpaired) electrons. The molecule has 1 saturated heterocycles. The number of benzene rings is 1. The molecule has 0 bridgehead atoms. The molecule has 1 fully saturated rings. The average molecular weight is 297 g/mol. The van der Waals surface area contributed by atoms with Crippen LogP contribution in [0.3, 0.4) is 0 Å². The Morgan fingerprint density at radius 2 is 2.15 bits per heavy atom. The lowest BCUT2D eigenvalue weighted by atomic mass is 10.1. The fourth-order valence-corrected chi connectivity index (χ4v) is 2.31. The average Bonchev–Trinajstić information content (AvgIpc) is 2.71. The summed E-state index contributed by atoms with van der Waals surface area (Å²) < 4.78 is 0. The molecule has 1 aliphatic rings. The Balaban J connectivity index is 1.88. The van der Waals surface area contributed by atoms with Gasteiger partial charge in [-0.1, -0.05) is 23.7 Å². The molecule has 0 spiro atoms. The zero-order valence-electron chi connectivity index (χ0n) is 11.2. The molecule has 1 aromatic carbocycles. The van der Waals surface area contributed by atoms with Gasteiger partial charge in [0.05, 0.1) is 12.5 Å². The second kappa shape index (κ2) is 6.24. The number of carbonyl (C=O) groups is 2. The second-order valence-corrected chi connectivity index (χ2v) is 5.38. The van der Waals surface area contributed by atoms with Gasteiger partial charge in [-0.15, -0.1) is 0 Å². The molecule has 2 N–H and O–H groups in total. The monoisotopic (exact) mass is 296 g/mol. The molecule has 1 aromatic rings. The first-order valence-electron chi connectivity index (χ1n) is 6.45. The maximum atomic E-state index is 11.8. The van der Waals surface area contributed by atoms with Gasteiger partial charge in [0.15, 0.2) is 0 Å². The molecule has 0 aromatic heterocycles. The lowest BCUT2D eigenvalue weighted by Gasteiger charge is -2.15. The predicted molar refractivity (Wildman–Crippen MR) is 75.2 cm³/mol. The van der Waals surface area contributed by atoms with E-state index in [1.54, 1.807) is 36.2 Å². The zero-order valence-corrected chi connectivity index (χ0v) is 11.9. The molecular weight excluding hydrogens is 280 g/mol. The van der Waals surface area contributed by atoms with E-state index in [2.05, 4.69) is 5.32 Å². The van der Waals surface area contributed by atoms with Crippen LogP contribution in [0.15, 0.2) is 24.3 Å². The van der Waals surface area contributed by atoms with Crippen molar-refractivity contribution in [2.75, 3.05) is 13.6 Å². The van der Waals surface area contributed by atoms with Gasteiger partial charge in [0.1, 0.15) is 6.04 Å². The van der Waals surface area contributed by atoms with E-state index in [0.29, 0.717) is 23.6 Å². The van der Waals surface area contributed by atoms with E-state index >= 15 is 0 Å². The van der Waals surface area contributed by atoms with Gasteiger partial charge in [0.2, 0.25) is 11.8 Å². The Morgan fingerprint density at radius 1 is 1.50 bits per heavy atom. The van der Waals surface area contributed by atoms with Crippen molar-refractivity contribution in [3.63, 3.8) is 0 Å². The first kappa shape index (κ1) is 14.8. The molecule has 108 valence electrons. The number of nitrogens with one attached hydrogen (secondary N) is 1. The summed E-state index contributed by atoms with van der Waals surface area (Å²) in [6.07, 6.45) is -0.366. The number of rotatable bonds is 4. The van der Waals surface area contributed by atoms with E-state index in [1.807, 2.05) is 0 Å². The first-order valence-corrected chi connectivity index (χ1v) is 6.83. The Hall–Kier alpha value is -1.59. The van der Waals surface area contributed by atoms with Gasteiger partial charge in [0, 0.05) is 18.6 Å². The van der Waals surface area contributed by atoms with Crippen LogP contribution in [0.5, 0.6) is 0 Å². The number of carbonyl (C=O) groups excluding carboxylic acids is 2. The number of amides is 2. The maximum absolute atomic E-state index is 11.8. The van der Waals surface area contributed by atoms with E-state index in [-0.39, 0.29) is 18.2 Å². The molecule has 2 unspecified atom stereocenters. The third-order valence-electron chi connectivity index (χ3n) is 3.40. The van der Waals surface area contributed by atoms with Crippen molar-refractivity contribution >= 4 is 23.4 Å². The number of aliphatic hydroxyl groups excluding tert-OH is 1. The largest absolute Gasteiger partial charge is 0.388 e. The molecule has 2 rings (SSSR count). The zero-order chi connectivity index (χ0) is 14.7. The van der Waals surface area contributed by atoms with Gasteiger partial charge >= 0.3 is 0 Å². The van der Waals surface area contributed by atoms with E-state index in [0.717, 1.165) is 0 Å². The summed E-state index contributed by atoms with van der Waals surface area (Å²) in [7, 11) is 1.71. The van der Waals surface area contributed by atoms with Gasteiger partial charge in [-0.3, -0.25) is 9.59 Å². The van der Waals surface area contributed by atoms with Crippen LogP contribution in [0, 0.1) is 0 Å². The van der Waals surface area contributed by atoms with Crippen LogP contribution in [0.1, 0.15) is 24.5 Å². The van der Waals surface area contributed by atoms with Crippen LogP contribution in [0.2, 0.25) is 5.02 Å². The van der Waals surface area contributed by atoms with Crippen LogP contribution in [0.25, 0.3) is 0 Å². The fourth-order valence-electron chi connectivity index (χ4n) is 2.19. The molecule has 0 saturated carbocycles. The van der Waals surface area contributed by atoms with Gasteiger partial charge in [0.25, 0.3) is 0 Å². The van der Waals surface area contributed by atoms with Crippen LogP contribution < -0.4 is 5.32 Å². The van der Waals surface area contributed by atoms with Crippen LogP contribution in [-0.4, -0.2) is 41.5 Å². The van der Waals surface area contributed by atoms with E-state index in [1.165, 1.54) is 0 Å². The maximum Gasteiger partial charge on any atom is 0.244 e. The minimum Gasteiger partial charge on any atom is -0.388 e. The van der Waals surface area contributed by atoms with Gasteiger partial charge < -0.3 is 15.3 Å². The first-order chi connectivity index (χ1) is 9.47. The summed E-state index contributed by atoms with van der Waals surface area (Å²) >= 11 is 5.76. The van der Waals surface area contributed by atoms with Crippen molar-refractivity contribution in [1.82, 2.24) is 10.2 Å². The number of hydrogen-bond donors (Lipinski definition) is 2. The minimum atomic E-state index is -0.901. The van der Waals surface area contributed by atoms with E-state index in [4.69, 9.17) is 11.6 Å². The molecule has 20 heavy (non-hydrogen) atoms. The van der Waals surface area contributed by atoms with Gasteiger partial charge in [-0.05, 0) is 24.1 Å². The third-order valence-corrected chi connectivity index (χ3v) is 3.65. The molecule has 0 aliphatic carbocycles. The third kappa shape index (κ3) is 3.49. The second-order valence-electron chi connectivity index (χ2n) is 4.94. The molecule has 2 atom stereocenters. The van der Waals surface area contributed by atoms with Crippen LogP contribution in [0.4, 0.5) is 0 Å². The minimum absolute atomic E-state index is 0.0743. The molecule has 1 aliphatic heterocycles. The summed E-state index contributed by atoms with van der Waals surface area (Å²) in [5.74, 6) is -0.416. The number of likely N-dealkylation sites (N-methyl/N-ethyl adjacent to an activating group) is 1. The topological polar surface area (TPSA) is 69.6 Å². The lowest BCUT2D eigenvalue weighted by molar-refractivity contribution is -0.132. The quantitative estimate of drug-likeness (QED) is 0.874. The molecule has 1 heterocycles. The molecular formula is C14H17ClN2O3. The van der Waals surface area contributed by atoms with Gasteiger partial charge in [-0.2, -0.15) is 0 Å². The molecule has 2 amide bonds. The van der Waals surface area contributed by atoms with Crippen molar-refractivity contribution in [2.45, 2.75) is 25.0 Å². The highest BCUT2D eigenvalue weighted by Gasteiger charge is 2.30. The van der Waals surface area contributed by atoms with E-state index in [9.17, 15) is 14.7 Å². The van der Waals surface area contributed by atoms with Crippen LogP contribution in [-0.2, 0) is 9.59 Å². The van der Waals surface area contributed by atoms with Crippen LogP contribution >= 0.6 is 11.6 Å². The summed E-state index contributed by atoms with van der Waals surface area (Å²) in [6.45, 7) is 0.642. The molecule has 5 nitrogen and oxygen atoms in total. The van der Waals surface area contributed by atoms with Crippen molar-refractivity contribution in [2.24, 2.45) is 0 Å².